The van der Waals surface area contributed by atoms with E-state index < -0.39 is 10.0 Å². The highest BCUT2D eigenvalue weighted by atomic mass is 32.2. The Labute approximate surface area is 149 Å². The molecule has 3 rings (SSSR count). The predicted octanol–water partition coefficient (Wildman–Crippen LogP) is 4.27. The Bertz CT molecular complexity index is 1010. The molecule has 130 valence electrons. The van der Waals surface area contributed by atoms with E-state index in [2.05, 4.69) is 4.72 Å². The van der Waals surface area contributed by atoms with Crippen LogP contribution in [0.5, 0.6) is 0 Å². The van der Waals surface area contributed by atoms with E-state index in [-0.39, 0.29) is 0 Å². The Morgan fingerprint density at radius 3 is 2.28 bits per heavy atom. The molecular formula is C20H22N2O2S. The van der Waals surface area contributed by atoms with Crippen LogP contribution in [0.15, 0.2) is 65.6 Å². The van der Waals surface area contributed by atoms with Crippen LogP contribution in [-0.4, -0.2) is 22.5 Å². The van der Waals surface area contributed by atoms with Crippen molar-refractivity contribution in [2.45, 2.75) is 18.2 Å². The maximum absolute atomic E-state index is 13.0. The monoisotopic (exact) mass is 354 g/mol. The van der Waals surface area contributed by atoms with Crippen LogP contribution in [0.2, 0.25) is 0 Å². The Kier molecular flexibility index (Phi) is 4.68. The van der Waals surface area contributed by atoms with Gasteiger partial charge in [-0.15, -0.1) is 0 Å². The molecule has 0 saturated carbocycles. The molecule has 0 radical (unpaired) electrons. The molecule has 1 N–H and O–H groups in total. The van der Waals surface area contributed by atoms with E-state index in [4.69, 9.17) is 0 Å². The quantitative estimate of drug-likeness (QED) is 0.744. The first-order chi connectivity index (χ1) is 11.9. The van der Waals surface area contributed by atoms with E-state index in [9.17, 15) is 8.42 Å². The van der Waals surface area contributed by atoms with Gasteiger partial charge in [-0.2, -0.15) is 0 Å². The molecule has 0 saturated heterocycles. The number of nitrogens with one attached hydrogen (secondary N) is 1. The van der Waals surface area contributed by atoms with Gasteiger partial charge in [0.1, 0.15) is 0 Å². The van der Waals surface area contributed by atoms with Gasteiger partial charge in [-0.25, -0.2) is 8.42 Å². The number of fused-ring (bicyclic) bond motifs is 1. The van der Waals surface area contributed by atoms with Gasteiger partial charge in [0, 0.05) is 30.6 Å². The van der Waals surface area contributed by atoms with Crippen LogP contribution in [0.4, 0.5) is 11.4 Å². The third-order valence-electron chi connectivity index (χ3n) is 4.27. The number of sulfonamides is 1. The summed E-state index contributed by atoms with van der Waals surface area (Å²) in [5, 5.41) is 1.63. The molecule has 0 aliphatic rings. The van der Waals surface area contributed by atoms with Gasteiger partial charge in [-0.3, -0.25) is 4.72 Å². The van der Waals surface area contributed by atoms with Crippen molar-refractivity contribution in [1.29, 1.82) is 0 Å². The molecule has 0 fully saturated rings. The molecule has 0 amide bonds. The molecule has 0 unspecified atom stereocenters. The second-order valence-electron chi connectivity index (χ2n) is 6.14. The molecule has 25 heavy (non-hydrogen) atoms. The SMILES string of the molecule is CCc1ccccc1NS(=O)(=O)c1cccc2c(N(C)C)cccc12. The fraction of sp³-hybridized carbons (Fsp3) is 0.200. The Morgan fingerprint density at radius 1 is 0.880 bits per heavy atom. The number of aryl methyl sites for hydroxylation is 1. The lowest BCUT2D eigenvalue weighted by Crippen LogP contribution is -2.15. The number of rotatable bonds is 5. The summed E-state index contributed by atoms with van der Waals surface area (Å²) in [6.07, 6.45) is 0.763. The highest BCUT2D eigenvalue weighted by molar-refractivity contribution is 7.93. The van der Waals surface area contributed by atoms with Gasteiger partial charge < -0.3 is 4.90 Å². The molecule has 3 aromatic rings. The highest BCUT2D eigenvalue weighted by Gasteiger charge is 2.19. The maximum atomic E-state index is 13.0. The molecule has 5 heteroatoms. The van der Waals surface area contributed by atoms with Crippen LogP contribution >= 0.6 is 0 Å². The number of hydrogen-bond donors (Lipinski definition) is 1. The van der Waals surface area contributed by atoms with Crippen molar-refractivity contribution in [3.63, 3.8) is 0 Å². The van der Waals surface area contributed by atoms with E-state index in [1.807, 2.05) is 68.4 Å². The Hall–Kier alpha value is -2.53. The molecule has 0 atom stereocenters. The number of anilines is 2. The van der Waals surface area contributed by atoms with E-state index >= 15 is 0 Å². The average molecular weight is 354 g/mol. The van der Waals surface area contributed by atoms with Gasteiger partial charge in [0.05, 0.1) is 10.6 Å². The first-order valence-electron chi connectivity index (χ1n) is 8.24. The molecule has 0 aliphatic carbocycles. The molecule has 4 nitrogen and oxygen atoms in total. The molecular weight excluding hydrogens is 332 g/mol. The molecule has 0 aliphatic heterocycles. The summed E-state index contributed by atoms with van der Waals surface area (Å²) in [5.41, 5.74) is 2.59. The number of hydrogen-bond acceptors (Lipinski definition) is 3. The maximum Gasteiger partial charge on any atom is 0.262 e. The lowest BCUT2D eigenvalue weighted by molar-refractivity contribution is 0.602. The van der Waals surface area contributed by atoms with E-state index in [0.29, 0.717) is 10.6 Å². The van der Waals surface area contributed by atoms with Gasteiger partial charge in [-0.05, 0) is 30.2 Å². The fourth-order valence-electron chi connectivity index (χ4n) is 3.02. The second-order valence-corrected chi connectivity index (χ2v) is 7.79. The van der Waals surface area contributed by atoms with Crippen LogP contribution < -0.4 is 9.62 Å². The van der Waals surface area contributed by atoms with Gasteiger partial charge in [-0.1, -0.05) is 49.4 Å². The van der Waals surface area contributed by atoms with Gasteiger partial charge >= 0.3 is 0 Å². The highest BCUT2D eigenvalue weighted by Crippen LogP contribution is 2.31. The van der Waals surface area contributed by atoms with Gasteiger partial charge in [0.2, 0.25) is 0 Å². The lowest BCUT2D eigenvalue weighted by atomic mass is 10.1. The Balaban J connectivity index is 2.13. The topological polar surface area (TPSA) is 49.4 Å². The lowest BCUT2D eigenvalue weighted by Gasteiger charge is -2.17. The second kappa shape index (κ2) is 6.76. The standard InChI is InChI=1S/C20H22N2O2S/c1-4-15-9-5-6-12-18(15)21-25(23,24)20-14-8-10-16-17(20)11-7-13-19(16)22(2)3/h5-14,21H,4H2,1-3H3. The van der Waals surface area contributed by atoms with E-state index in [1.165, 1.54) is 0 Å². The summed E-state index contributed by atoms with van der Waals surface area (Å²) < 4.78 is 28.8. The van der Waals surface area contributed by atoms with Crippen molar-refractivity contribution in [2.75, 3.05) is 23.7 Å². The first-order valence-corrected chi connectivity index (χ1v) is 9.72. The fourth-order valence-corrected chi connectivity index (χ4v) is 4.34. The zero-order chi connectivity index (χ0) is 18.0. The first kappa shape index (κ1) is 17.3. The summed E-state index contributed by atoms with van der Waals surface area (Å²) in [4.78, 5) is 2.28. The third kappa shape index (κ3) is 3.33. The van der Waals surface area contributed by atoms with E-state index in [0.717, 1.165) is 28.4 Å². The van der Waals surface area contributed by atoms with Crippen molar-refractivity contribution in [3.8, 4) is 0 Å². The van der Waals surface area contributed by atoms with Gasteiger partial charge in [0.25, 0.3) is 10.0 Å². The number of nitrogens with zero attached hydrogens (tertiary/aromatic N) is 1. The van der Waals surface area contributed by atoms with Crippen LogP contribution in [0.25, 0.3) is 10.8 Å². The number of para-hydroxylation sites is 1. The van der Waals surface area contributed by atoms with Crippen LogP contribution in [0, 0.1) is 0 Å². The Morgan fingerprint density at radius 2 is 1.56 bits per heavy atom. The molecule has 3 aromatic carbocycles. The largest absolute Gasteiger partial charge is 0.377 e. The van der Waals surface area contributed by atoms with Crippen molar-refractivity contribution < 1.29 is 8.42 Å². The summed E-state index contributed by atoms with van der Waals surface area (Å²) >= 11 is 0. The minimum atomic E-state index is -3.68. The summed E-state index contributed by atoms with van der Waals surface area (Å²) in [5.74, 6) is 0. The van der Waals surface area contributed by atoms with Crippen molar-refractivity contribution in [3.05, 3.63) is 66.2 Å². The van der Waals surface area contributed by atoms with Crippen LogP contribution in [0.1, 0.15) is 12.5 Å². The number of benzene rings is 3. The molecule has 0 heterocycles. The molecule has 0 spiro atoms. The zero-order valence-electron chi connectivity index (χ0n) is 14.7. The van der Waals surface area contributed by atoms with Gasteiger partial charge in [0.15, 0.2) is 0 Å². The third-order valence-corrected chi connectivity index (χ3v) is 5.70. The summed E-state index contributed by atoms with van der Waals surface area (Å²) in [6, 6.07) is 18.6. The van der Waals surface area contributed by atoms with Crippen molar-refractivity contribution >= 4 is 32.2 Å². The van der Waals surface area contributed by atoms with Crippen LogP contribution in [0.3, 0.4) is 0 Å². The molecule has 0 aromatic heterocycles. The average Bonchev–Trinajstić information content (AvgIpc) is 2.60. The van der Waals surface area contributed by atoms with Crippen molar-refractivity contribution in [1.82, 2.24) is 0 Å². The normalized spacial score (nSPS) is 11.5. The molecule has 0 bridgehead atoms. The summed E-state index contributed by atoms with van der Waals surface area (Å²) in [7, 11) is 0.217. The summed E-state index contributed by atoms with van der Waals surface area (Å²) in [6.45, 7) is 2.01. The minimum Gasteiger partial charge on any atom is -0.377 e. The smallest absolute Gasteiger partial charge is 0.262 e. The predicted molar refractivity (Wildman–Crippen MR) is 105 cm³/mol. The zero-order valence-corrected chi connectivity index (χ0v) is 15.5. The van der Waals surface area contributed by atoms with Crippen LogP contribution in [-0.2, 0) is 16.4 Å². The minimum absolute atomic E-state index is 0.291. The van der Waals surface area contributed by atoms with E-state index in [1.54, 1.807) is 18.2 Å². The van der Waals surface area contributed by atoms with Crippen molar-refractivity contribution in [2.24, 2.45) is 0 Å².